The van der Waals surface area contributed by atoms with Crippen molar-refractivity contribution < 1.29 is 9.53 Å². The van der Waals surface area contributed by atoms with Crippen molar-refractivity contribution in [2.24, 2.45) is 5.84 Å². The van der Waals surface area contributed by atoms with Crippen LogP contribution in [0.15, 0.2) is 24.3 Å². The zero-order valence-electron chi connectivity index (χ0n) is 6.79. The van der Waals surface area contributed by atoms with E-state index in [0.29, 0.717) is 10.8 Å². The van der Waals surface area contributed by atoms with E-state index in [4.69, 9.17) is 22.2 Å². The predicted octanol–water partition coefficient (Wildman–Crippen LogP) is 0.709. The van der Waals surface area contributed by atoms with E-state index in [2.05, 4.69) is 0 Å². The van der Waals surface area contributed by atoms with Gasteiger partial charge in [0.2, 0.25) is 0 Å². The Morgan fingerprint density at radius 1 is 1.46 bits per heavy atom. The fourth-order valence-corrected chi connectivity index (χ4v) is 0.847. The molecule has 0 aliphatic heterocycles. The molecule has 0 aliphatic rings. The van der Waals surface area contributed by atoms with E-state index in [1.165, 1.54) is 0 Å². The standard InChI is InChI=1S/C8H9ClN2O2/c9-6-1-3-7(4-2-6)13-5-8(12)11-10/h1-4H,5,10H2,(H,11,12). The number of carbonyl (C=O) groups excluding carboxylic acids is 1. The summed E-state index contributed by atoms with van der Waals surface area (Å²) in [7, 11) is 0. The van der Waals surface area contributed by atoms with Crippen LogP contribution in [0.2, 0.25) is 5.02 Å². The van der Waals surface area contributed by atoms with E-state index in [1.54, 1.807) is 24.3 Å². The smallest absolute Gasteiger partial charge is 0.271 e. The molecule has 70 valence electrons. The molecular formula is C8H9ClN2O2. The largest absolute Gasteiger partial charge is 0.484 e. The number of carbonyl (C=O) groups is 1. The molecule has 0 unspecified atom stereocenters. The summed E-state index contributed by atoms with van der Waals surface area (Å²) in [5, 5.41) is 0.621. The second kappa shape index (κ2) is 4.69. The molecule has 0 saturated heterocycles. The zero-order valence-corrected chi connectivity index (χ0v) is 7.54. The van der Waals surface area contributed by atoms with Crippen molar-refractivity contribution in [2.75, 3.05) is 6.61 Å². The molecule has 0 radical (unpaired) electrons. The number of benzene rings is 1. The van der Waals surface area contributed by atoms with Gasteiger partial charge in [0.25, 0.3) is 5.91 Å². The second-order valence-electron chi connectivity index (χ2n) is 2.31. The van der Waals surface area contributed by atoms with Gasteiger partial charge < -0.3 is 4.74 Å². The molecule has 0 aliphatic carbocycles. The number of nitrogens with two attached hydrogens (primary N) is 1. The van der Waals surface area contributed by atoms with Gasteiger partial charge in [0.05, 0.1) is 0 Å². The van der Waals surface area contributed by atoms with Crippen LogP contribution >= 0.6 is 11.6 Å². The fourth-order valence-electron chi connectivity index (χ4n) is 0.721. The Morgan fingerprint density at radius 2 is 2.08 bits per heavy atom. The highest BCUT2D eigenvalue weighted by Gasteiger charge is 1.99. The molecule has 5 heteroatoms. The van der Waals surface area contributed by atoms with Crippen LogP contribution in [0, 0.1) is 0 Å². The Kier molecular flexibility index (Phi) is 3.54. The first-order chi connectivity index (χ1) is 6.22. The molecule has 0 saturated carbocycles. The predicted molar refractivity (Wildman–Crippen MR) is 49.3 cm³/mol. The Morgan fingerprint density at radius 3 is 2.62 bits per heavy atom. The minimum absolute atomic E-state index is 0.0991. The van der Waals surface area contributed by atoms with Crippen molar-refractivity contribution in [3.8, 4) is 5.75 Å². The van der Waals surface area contributed by atoms with Crippen molar-refractivity contribution >= 4 is 17.5 Å². The lowest BCUT2D eigenvalue weighted by Gasteiger charge is -2.03. The number of halogens is 1. The molecule has 1 rings (SSSR count). The quantitative estimate of drug-likeness (QED) is 0.429. The summed E-state index contributed by atoms with van der Waals surface area (Å²) in [5.74, 6) is 5.06. The van der Waals surface area contributed by atoms with Crippen molar-refractivity contribution in [3.05, 3.63) is 29.3 Å². The highest BCUT2D eigenvalue weighted by molar-refractivity contribution is 6.30. The van der Waals surface area contributed by atoms with Crippen molar-refractivity contribution in [1.82, 2.24) is 5.43 Å². The molecule has 0 atom stereocenters. The number of ether oxygens (including phenoxy) is 1. The van der Waals surface area contributed by atoms with Crippen LogP contribution < -0.4 is 16.0 Å². The number of hydrogen-bond acceptors (Lipinski definition) is 3. The Hall–Kier alpha value is -1.26. The van der Waals surface area contributed by atoms with Crippen LogP contribution in [0.25, 0.3) is 0 Å². The summed E-state index contributed by atoms with van der Waals surface area (Å²) in [4.78, 5) is 10.7. The monoisotopic (exact) mass is 200 g/mol. The SMILES string of the molecule is NNC(=O)COc1ccc(Cl)cc1. The van der Waals surface area contributed by atoms with E-state index in [1.807, 2.05) is 5.43 Å². The molecule has 4 nitrogen and oxygen atoms in total. The van der Waals surface area contributed by atoms with Crippen LogP contribution in [0.4, 0.5) is 0 Å². The highest BCUT2D eigenvalue weighted by Crippen LogP contribution is 2.14. The molecule has 1 aromatic rings. The fraction of sp³-hybridized carbons (Fsp3) is 0.125. The van der Waals surface area contributed by atoms with Crippen LogP contribution in [0.1, 0.15) is 0 Å². The molecular weight excluding hydrogens is 192 g/mol. The molecule has 0 aromatic heterocycles. The lowest BCUT2D eigenvalue weighted by molar-refractivity contribution is -0.123. The first-order valence-corrected chi connectivity index (χ1v) is 3.98. The summed E-state index contributed by atoms with van der Waals surface area (Å²) in [6.45, 7) is -0.0991. The van der Waals surface area contributed by atoms with Gasteiger partial charge in [-0.3, -0.25) is 10.2 Å². The Bertz CT molecular complexity index is 287. The third-order valence-corrected chi connectivity index (χ3v) is 1.60. The Labute approximate surface area is 80.6 Å². The number of amides is 1. The van der Waals surface area contributed by atoms with Crippen molar-refractivity contribution in [2.45, 2.75) is 0 Å². The van der Waals surface area contributed by atoms with Crippen molar-refractivity contribution in [3.63, 3.8) is 0 Å². The molecule has 0 heterocycles. The zero-order chi connectivity index (χ0) is 9.68. The van der Waals surface area contributed by atoms with E-state index in [-0.39, 0.29) is 12.5 Å². The van der Waals surface area contributed by atoms with Crippen LogP contribution in [0.3, 0.4) is 0 Å². The highest BCUT2D eigenvalue weighted by atomic mass is 35.5. The molecule has 0 bridgehead atoms. The number of nitrogens with one attached hydrogen (secondary N) is 1. The first kappa shape index (κ1) is 9.83. The lowest BCUT2D eigenvalue weighted by atomic mass is 10.3. The lowest BCUT2D eigenvalue weighted by Crippen LogP contribution is -2.34. The second-order valence-corrected chi connectivity index (χ2v) is 2.75. The molecule has 3 N–H and O–H groups in total. The average Bonchev–Trinajstić information content (AvgIpc) is 2.16. The summed E-state index contributed by atoms with van der Waals surface area (Å²) in [6.07, 6.45) is 0. The maximum absolute atomic E-state index is 10.7. The minimum atomic E-state index is -0.380. The molecule has 0 fully saturated rings. The average molecular weight is 201 g/mol. The normalized spacial score (nSPS) is 9.38. The summed E-state index contributed by atoms with van der Waals surface area (Å²) < 4.78 is 5.06. The number of rotatable bonds is 3. The third kappa shape index (κ3) is 3.31. The van der Waals surface area contributed by atoms with Gasteiger partial charge in [-0.2, -0.15) is 0 Å². The number of hydrogen-bond donors (Lipinski definition) is 2. The molecule has 1 amide bonds. The molecule has 13 heavy (non-hydrogen) atoms. The molecule has 1 aromatic carbocycles. The van der Waals surface area contributed by atoms with Crippen LogP contribution in [-0.2, 0) is 4.79 Å². The first-order valence-electron chi connectivity index (χ1n) is 3.60. The van der Waals surface area contributed by atoms with E-state index in [0.717, 1.165) is 0 Å². The van der Waals surface area contributed by atoms with Crippen LogP contribution in [-0.4, -0.2) is 12.5 Å². The third-order valence-electron chi connectivity index (χ3n) is 1.34. The summed E-state index contributed by atoms with van der Waals surface area (Å²) >= 11 is 5.65. The van der Waals surface area contributed by atoms with Crippen LogP contribution in [0.5, 0.6) is 5.75 Å². The van der Waals surface area contributed by atoms with Gasteiger partial charge >= 0.3 is 0 Å². The Balaban J connectivity index is 2.46. The van der Waals surface area contributed by atoms with E-state index < -0.39 is 0 Å². The van der Waals surface area contributed by atoms with E-state index >= 15 is 0 Å². The molecule has 0 spiro atoms. The topological polar surface area (TPSA) is 64.3 Å². The van der Waals surface area contributed by atoms with Gasteiger partial charge in [-0.05, 0) is 24.3 Å². The van der Waals surface area contributed by atoms with Gasteiger partial charge in [0.1, 0.15) is 5.75 Å². The van der Waals surface area contributed by atoms with Gasteiger partial charge in [-0.15, -0.1) is 0 Å². The minimum Gasteiger partial charge on any atom is -0.484 e. The summed E-state index contributed by atoms with van der Waals surface area (Å²) in [5.41, 5.74) is 1.96. The summed E-state index contributed by atoms with van der Waals surface area (Å²) in [6, 6.07) is 6.70. The van der Waals surface area contributed by atoms with Gasteiger partial charge in [-0.25, -0.2) is 5.84 Å². The maximum Gasteiger partial charge on any atom is 0.271 e. The van der Waals surface area contributed by atoms with Gasteiger partial charge in [0.15, 0.2) is 6.61 Å². The van der Waals surface area contributed by atoms with Gasteiger partial charge in [-0.1, -0.05) is 11.6 Å². The van der Waals surface area contributed by atoms with Gasteiger partial charge in [0, 0.05) is 5.02 Å². The maximum atomic E-state index is 10.7. The number of hydrazine groups is 1. The van der Waals surface area contributed by atoms with E-state index in [9.17, 15) is 4.79 Å². The van der Waals surface area contributed by atoms with Crippen molar-refractivity contribution in [1.29, 1.82) is 0 Å².